The summed E-state index contributed by atoms with van der Waals surface area (Å²) < 4.78 is 13.6. The van der Waals surface area contributed by atoms with E-state index in [1.54, 1.807) is 19.9 Å². The number of benzene rings is 1. The van der Waals surface area contributed by atoms with Crippen molar-refractivity contribution in [1.29, 1.82) is 0 Å². The molecule has 1 rings (SSSR count). The Kier molecular flexibility index (Phi) is 5.87. The van der Waals surface area contributed by atoms with Gasteiger partial charge in [-0.1, -0.05) is 19.9 Å². The van der Waals surface area contributed by atoms with Gasteiger partial charge >= 0.3 is 0 Å². The van der Waals surface area contributed by atoms with Gasteiger partial charge < -0.3 is 15.9 Å². The standard InChI is InChI=1S/C11H15BrFNO2.ClH/c1-11(2,5-15)10(14)6-3-4-7(12)8(13)9(6)16;/h3-4,10,15-16H,5,14H2,1-2H3;1H/t10-;/m0./s1. The summed E-state index contributed by atoms with van der Waals surface area (Å²) in [7, 11) is 0. The monoisotopic (exact) mass is 327 g/mol. The highest BCUT2D eigenvalue weighted by atomic mass is 79.9. The van der Waals surface area contributed by atoms with Gasteiger partial charge in [0.1, 0.15) is 0 Å². The fraction of sp³-hybridized carbons (Fsp3) is 0.455. The minimum Gasteiger partial charge on any atom is -0.505 e. The molecule has 0 aromatic heterocycles. The van der Waals surface area contributed by atoms with Crippen LogP contribution in [0.3, 0.4) is 0 Å². The molecule has 0 aliphatic heterocycles. The van der Waals surface area contributed by atoms with Gasteiger partial charge in [-0.25, -0.2) is 4.39 Å². The summed E-state index contributed by atoms with van der Waals surface area (Å²) in [5.74, 6) is -1.20. The lowest BCUT2D eigenvalue weighted by Gasteiger charge is -2.30. The largest absolute Gasteiger partial charge is 0.505 e. The van der Waals surface area contributed by atoms with E-state index in [1.165, 1.54) is 6.07 Å². The highest BCUT2D eigenvalue weighted by Crippen LogP contribution is 2.38. The third-order valence-corrected chi connectivity index (χ3v) is 3.30. The first-order valence-electron chi connectivity index (χ1n) is 4.84. The molecule has 0 heterocycles. The molecule has 0 bridgehead atoms. The van der Waals surface area contributed by atoms with E-state index in [1.807, 2.05) is 0 Å². The summed E-state index contributed by atoms with van der Waals surface area (Å²) >= 11 is 2.97. The van der Waals surface area contributed by atoms with Gasteiger partial charge in [-0.15, -0.1) is 12.4 Å². The predicted molar refractivity (Wildman–Crippen MR) is 70.8 cm³/mol. The van der Waals surface area contributed by atoms with Crippen LogP contribution in [-0.4, -0.2) is 16.8 Å². The molecule has 0 spiro atoms. The molecule has 1 aromatic rings. The Morgan fingerprint density at radius 3 is 2.47 bits per heavy atom. The van der Waals surface area contributed by atoms with Gasteiger partial charge in [-0.05, 0) is 22.0 Å². The second-order valence-electron chi connectivity index (χ2n) is 4.42. The van der Waals surface area contributed by atoms with E-state index in [4.69, 9.17) is 5.73 Å². The molecule has 17 heavy (non-hydrogen) atoms. The first-order valence-corrected chi connectivity index (χ1v) is 5.64. The van der Waals surface area contributed by atoms with Crippen LogP contribution in [0.25, 0.3) is 0 Å². The normalized spacial score (nSPS) is 13.1. The molecule has 0 amide bonds. The van der Waals surface area contributed by atoms with Crippen LogP contribution >= 0.6 is 28.3 Å². The van der Waals surface area contributed by atoms with Gasteiger partial charge in [-0.2, -0.15) is 0 Å². The number of aromatic hydroxyl groups is 1. The molecule has 1 atom stereocenters. The minimum absolute atomic E-state index is 0. The van der Waals surface area contributed by atoms with E-state index in [0.717, 1.165) is 0 Å². The van der Waals surface area contributed by atoms with E-state index >= 15 is 0 Å². The van der Waals surface area contributed by atoms with Crippen molar-refractivity contribution in [3.05, 3.63) is 28.0 Å². The fourth-order valence-corrected chi connectivity index (χ4v) is 1.65. The third-order valence-electron chi connectivity index (χ3n) is 2.68. The number of halogens is 3. The lowest BCUT2D eigenvalue weighted by Crippen LogP contribution is -2.32. The smallest absolute Gasteiger partial charge is 0.179 e. The lowest BCUT2D eigenvalue weighted by molar-refractivity contribution is 0.131. The number of nitrogens with two attached hydrogens (primary N) is 1. The zero-order valence-electron chi connectivity index (χ0n) is 9.58. The van der Waals surface area contributed by atoms with Gasteiger partial charge in [0.2, 0.25) is 0 Å². The maximum atomic E-state index is 13.4. The molecule has 1 aromatic carbocycles. The molecule has 0 saturated heterocycles. The number of aliphatic hydroxyl groups excluding tert-OH is 1. The molecule has 6 heteroatoms. The van der Waals surface area contributed by atoms with Crippen molar-refractivity contribution in [3.8, 4) is 5.75 Å². The topological polar surface area (TPSA) is 66.5 Å². The summed E-state index contributed by atoms with van der Waals surface area (Å²) in [5.41, 5.74) is 5.57. The van der Waals surface area contributed by atoms with Crippen LogP contribution in [0.15, 0.2) is 16.6 Å². The molecule has 4 N–H and O–H groups in total. The van der Waals surface area contributed by atoms with E-state index < -0.39 is 23.0 Å². The van der Waals surface area contributed by atoms with E-state index in [-0.39, 0.29) is 23.5 Å². The highest BCUT2D eigenvalue weighted by molar-refractivity contribution is 9.10. The molecule has 0 saturated carbocycles. The van der Waals surface area contributed by atoms with Crippen molar-refractivity contribution in [2.75, 3.05) is 6.61 Å². The zero-order chi connectivity index (χ0) is 12.5. The van der Waals surface area contributed by atoms with Crippen LogP contribution in [0.5, 0.6) is 5.75 Å². The molecule has 0 aliphatic carbocycles. The molecule has 0 aliphatic rings. The molecule has 0 unspecified atom stereocenters. The summed E-state index contributed by atoms with van der Waals surface area (Å²) in [6, 6.07) is 2.39. The van der Waals surface area contributed by atoms with Gasteiger partial charge in [0.05, 0.1) is 4.47 Å². The van der Waals surface area contributed by atoms with Crippen LogP contribution in [0, 0.1) is 11.2 Å². The number of hydrogen-bond donors (Lipinski definition) is 3. The Hall–Kier alpha value is -0.360. The Bertz CT molecular complexity index is 401. The second-order valence-corrected chi connectivity index (χ2v) is 5.28. The van der Waals surface area contributed by atoms with Crippen molar-refractivity contribution >= 4 is 28.3 Å². The Balaban J connectivity index is 0.00000256. The van der Waals surface area contributed by atoms with Crippen molar-refractivity contribution in [2.45, 2.75) is 19.9 Å². The summed E-state index contributed by atoms with van der Waals surface area (Å²) in [6.07, 6.45) is 0. The number of phenols is 1. The highest BCUT2D eigenvalue weighted by Gasteiger charge is 2.30. The lowest BCUT2D eigenvalue weighted by atomic mass is 9.81. The van der Waals surface area contributed by atoms with Gasteiger partial charge in [0.15, 0.2) is 11.6 Å². The van der Waals surface area contributed by atoms with E-state index in [9.17, 15) is 14.6 Å². The average Bonchev–Trinajstić information content (AvgIpc) is 2.25. The predicted octanol–water partition coefficient (Wildman–Crippen LogP) is 2.73. The minimum atomic E-state index is -0.735. The Morgan fingerprint density at radius 2 is 2.00 bits per heavy atom. The second kappa shape index (κ2) is 6.00. The Labute approximate surface area is 114 Å². The number of phenolic OH excluding ortho intramolecular Hbond substituents is 1. The SMILES string of the molecule is CC(C)(CO)[C@@H](N)c1ccc(Br)c(F)c1O.Cl. The van der Waals surface area contributed by atoms with Crippen LogP contribution in [-0.2, 0) is 0 Å². The quantitative estimate of drug-likeness (QED) is 0.799. The van der Waals surface area contributed by atoms with Crippen LogP contribution in [0.2, 0.25) is 0 Å². The zero-order valence-corrected chi connectivity index (χ0v) is 12.0. The fourth-order valence-electron chi connectivity index (χ4n) is 1.33. The number of aliphatic hydroxyl groups is 1. The summed E-state index contributed by atoms with van der Waals surface area (Å²) in [4.78, 5) is 0. The van der Waals surface area contributed by atoms with Crippen molar-refractivity contribution in [2.24, 2.45) is 11.1 Å². The maximum Gasteiger partial charge on any atom is 0.179 e. The van der Waals surface area contributed by atoms with E-state index in [0.29, 0.717) is 5.56 Å². The van der Waals surface area contributed by atoms with E-state index in [2.05, 4.69) is 15.9 Å². The van der Waals surface area contributed by atoms with Crippen molar-refractivity contribution in [1.82, 2.24) is 0 Å². The third kappa shape index (κ3) is 3.31. The molecule has 98 valence electrons. The number of hydrogen-bond acceptors (Lipinski definition) is 3. The van der Waals surface area contributed by atoms with Gasteiger partial charge in [0, 0.05) is 23.6 Å². The van der Waals surface area contributed by atoms with Gasteiger partial charge in [-0.3, -0.25) is 0 Å². The molecule has 0 fully saturated rings. The summed E-state index contributed by atoms with van der Waals surface area (Å²) in [5, 5.41) is 18.8. The average molecular weight is 329 g/mol. The Morgan fingerprint density at radius 1 is 1.47 bits per heavy atom. The molecule has 0 radical (unpaired) electrons. The van der Waals surface area contributed by atoms with Crippen molar-refractivity contribution in [3.63, 3.8) is 0 Å². The van der Waals surface area contributed by atoms with Crippen LogP contribution < -0.4 is 5.73 Å². The van der Waals surface area contributed by atoms with Crippen LogP contribution in [0.1, 0.15) is 25.5 Å². The number of rotatable bonds is 3. The maximum absolute atomic E-state index is 13.4. The molecular formula is C11H16BrClFNO2. The van der Waals surface area contributed by atoms with Gasteiger partial charge in [0.25, 0.3) is 0 Å². The molecule has 3 nitrogen and oxygen atoms in total. The molecular weight excluding hydrogens is 312 g/mol. The summed E-state index contributed by atoms with van der Waals surface area (Å²) in [6.45, 7) is 3.35. The first kappa shape index (κ1) is 16.6. The first-order chi connectivity index (χ1) is 7.31. The van der Waals surface area contributed by atoms with Crippen molar-refractivity contribution < 1.29 is 14.6 Å². The van der Waals surface area contributed by atoms with Crippen LogP contribution in [0.4, 0.5) is 4.39 Å².